The van der Waals surface area contributed by atoms with Crippen LogP contribution in [-0.2, 0) is 7.05 Å². The molecule has 0 bridgehead atoms. The van der Waals surface area contributed by atoms with Crippen LogP contribution in [0.4, 0.5) is 0 Å². The summed E-state index contributed by atoms with van der Waals surface area (Å²) in [5, 5.41) is 4.14. The summed E-state index contributed by atoms with van der Waals surface area (Å²) >= 11 is 5.18. The Kier molecular flexibility index (Phi) is 2.40. The third kappa shape index (κ3) is 1.83. The molecule has 0 spiro atoms. The summed E-state index contributed by atoms with van der Waals surface area (Å²) in [7, 11) is 1.89. The van der Waals surface area contributed by atoms with E-state index in [1.807, 2.05) is 33.3 Å². The normalized spacial score (nSPS) is 10.6. The highest BCUT2D eigenvalue weighted by atomic mass is 32.1. The third-order valence-corrected chi connectivity index (χ3v) is 2.66. The average Bonchev–Trinajstić information content (AvgIpc) is 2.58. The number of hydrogen-bond donors (Lipinski definition) is 1. The maximum absolute atomic E-state index is 5.18. The Balaban J connectivity index is 2.67. The Morgan fingerprint density at radius 1 is 1.40 bits per heavy atom. The summed E-state index contributed by atoms with van der Waals surface area (Å²) in [5.41, 5.74) is 3.02. The molecule has 0 aliphatic carbocycles. The summed E-state index contributed by atoms with van der Waals surface area (Å²) in [4.78, 5) is 7.41. The molecule has 0 saturated carbocycles. The highest BCUT2D eigenvalue weighted by Crippen LogP contribution is 2.20. The Morgan fingerprint density at radius 2 is 2.13 bits per heavy atom. The van der Waals surface area contributed by atoms with E-state index in [4.69, 9.17) is 12.2 Å². The van der Waals surface area contributed by atoms with Crippen molar-refractivity contribution in [1.82, 2.24) is 19.7 Å². The number of aromatic amines is 1. The van der Waals surface area contributed by atoms with Gasteiger partial charge in [-0.15, -0.1) is 0 Å². The molecule has 0 atom stereocenters. The molecule has 0 aliphatic heterocycles. The van der Waals surface area contributed by atoms with Crippen LogP contribution in [0, 0.1) is 18.5 Å². The molecule has 15 heavy (non-hydrogen) atoms. The largest absolute Gasteiger partial charge is 0.343 e. The van der Waals surface area contributed by atoms with Crippen LogP contribution in [0.25, 0.3) is 11.3 Å². The summed E-state index contributed by atoms with van der Waals surface area (Å²) in [6, 6.07) is 0. The SMILES string of the molecule is Cc1nc(=S)c(C)c(-c2cnn(C)c2)[nH]1. The smallest absolute Gasteiger partial charge is 0.133 e. The Bertz CT molecular complexity index is 553. The van der Waals surface area contributed by atoms with Gasteiger partial charge in [-0.2, -0.15) is 5.10 Å². The van der Waals surface area contributed by atoms with E-state index in [9.17, 15) is 0 Å². The second kappa shape index (κ2) is 3.58. The summed E-state index contributed by atoms with van der Waals surface area (Å²) < 4.78 is 2.41. The average molecular weight is 220 g/mol. The van der Waals surface area contributed by atoms with Gasteiger partial charge in [0.1, 0.15) is 10.5 Å². The Labute approximate surface area is 93.0 Å². The van der Waals surface area contributed by atoms with E-state index in [0.29, 0.717) is 4.64 Å². The number of nitrogens with one attached hydrogen (secondary N) is 1. The van der Waals surface area contributed by atoms with Crippen LogP contribution in [0.3, 0.4) is 0 Å². The molecule has 4 nitrogen and oxygen atoms in total. The number of nitrogens with zero attached hydrogens (tertiary/aromatic N) is 3. The molecule has 0 aliphatic rings. The first-order valence-electron chi connectivity index (χ1n) is 4.64. The standard InChI is InChI=1S/C10H12N4S/c1-6-9(8-4-11-14(3)5-8)12-7(2)13-10(6)15/h4-5H,1-3H3,(H,12,13,15). The monoisotopic (exact) mass is 220 g/mol. The zero-order valence-electron chi connectivity index (χ0n) is 8.90. The van der Waals surface area contributed by atoms with Gasteiger partial charge in [-0.3, -0.25) is 4.68 Å². The minimum atomic E-state index is 0.644. The maximum Gasteiger partial charge on any atom is 0.133 e. The van der Waals surface area contributed by atoms with Gasteiger partial charge < -0.3 is 4.98 Å². The minimum absolute atomic E-state index is 0.644. The summed E-state index contributed by atoms with van der Waals surface area (Å²) in [5.74, 6) is 0.824. The van der Waals surface area contributed by atoms with Gasteiger partial charge >= 0.3 is 0 Å². The molecule has 2 aromatic rings. The van der Waals surface area contributed by atoms with Gasteiger partial charge in [0.05, 0.1) is 11.9 Å². The van der Waals surface area contributed by atoms with E-state index in [0.717, 1.165) is 22.6 Å². The first kappa shape index (κ1) is 10.0. The molecule has 2 heterocycles. The fraction of sp³-hybridized carbons (Fsp3) is 0.300. The van der Waals surface area contributed by atoms with E-state index in [-0.39, 0.29) is 0 Å². The lowest BCUT2D eigenvalue weighted by Crippen LogP contribution is -1.95. The lowest BCUT2D eigenvalue weighted by atomic mass is 10.1. The van der Waals surface area contributed by atoms with Crippen LogP contribution in [-0.4, -0.2) is 19.7 Å². The molecule has 0 aromatic carbocycles. The van der Waals surface area contributed by atoms with Crippen molar-refractivity contribution in [1.29, 1.82) is 0 Å². The van der Waals surface area contributed by atoms with Gasteiger partial charge in [0.25, 0.3) is 0 Å². The van der Waals surface area contributed by atoms with Crippen LogP contribution in [0.15, 0.2) is 12.4 Å². The van der Waals surface area contributed by atoms with Crippen molar-refractivity contribution in [3.63, 3.8) is 0 Å². The highest BCUT2D eigenvalue weighted by molar-refractivity contribution is 7.71. The molecule has 2 aromatic heterocycles. The van der Waals surface area contributed by atoms with Gasteiger partial charge in [-0.25, -0.2) is 4.98 Å². The van der Waals surface area contributed by atoms with Crippen molar-refractivity contribution < 1.29 is 0 Å². The topological polar surface area (TPSA) is 46.5 Å². The molecule has 0 amide bonds. The fourth-order valence-corrected chi connectivity index (χ4v) is 1.72. The second-order valence-electron chi connectivity index (χ2n) is 3.53. The van der Waals surface area contributed by atoms with Gasteiger partial charge in [-0.05, 0) is 13.8 Å². The molecule has 78 valence electrons. The maximum atomic E-state index is 5.18. The van der Waals surface area contributed by atoms with Gasteiger partial charge in [0, 0.05) is 24.4 Å². The van der Waals surface area contributed by atoms with Crippen molar-refractivity contribution in [3.8, 4) is 11.3 Å². The quantitative estimate of drug-likeness (QED) is 0.749. The number of hydrogen-bond acceptors (Lipinski definition) is 3. The van der Waals surface area contributed by atoms with Crippen molar-refractivity contribution in [2.24, 2.45) is 7.05 Å². The molecule has 0 radical (unpaired) electrons. The van der Waals surface area contributed by atoms with Crippen molar-refractivity contribution >= 4 is 12.2 Å². The van der Waals surface area contributed by atoms with Crippen LogP contribution in [0.5, 0.6) is 0 Å². The van der Waals surface area contributed by atoms with E-state index < -0.39 is 0 Å². The Hall–Kier alpha value is -1.49. The van der Waals surface area contributed by atoms with E-state index in [1.165, 1.54) is 0 Å². The number of rotatable bonds is 1. The van der Waals surface area contributed by atoms with Crippen LogP contribution >= 0.6 is 12.2 Å². The second-order valence-corrected chi connectivity index (χ2v) is 3.92. The molecule has 0 saturated heterocycles. The fourth-order valence-electron chi connectivity index (χ4n) is 1.48. The number of aromatic nitrogens is 4. The van der Waals surface area contributed by atoms with Crippen molar-refractivity contribution in [2.45, 2.75) is 13.8 Å². The van der Waals surface area contributed by atoms with E-state index in [1.54, 1.807) is 4.68 Å². The Morgan fingerprint density at radius 3 is 2.73 bits per heavy atom. The molecule has 0 unspecified atom stereocenters. The van der Waals surface area contributed by atoms with Crippen molar-refractivity contribution in [3.05, 3.63) is 28.4 Å². The highest BCUT2D eigenvalue weighted by Gasteiger charge is 2.06. The zero-order chi connectivity index (χ0) is 11.0. The summed E-state index contributed by atoms with van der Waals surface area (Å²) in [6.45, 7) is 3.86. The molecular weight excluding hydrogens is 208 g/mol. The lowest BCUT2D eigenvalue weighted by Gasteiger charge is -2.04. The summed E-state index contributed by atoms with van der Waals surface area (Å²) in [6.07, 6.45) is 3.76. The molecule has 1 N–H and O–H groups in total. The van der Waals surface area contributed by atoms with Gasteiger partial charge in [0.15, 0.2) is 0 Å². The van der Waals surface area contributed by atoms with Crippen LogP contribution < -0.4 is 0 Å². The predicted octanol–water partition coefficient (Wildman–Crippen LogP) is 2.16. The first-order valence-corrected chi connectivity index (χ1v) is 5.05. The van der Waals surface area contributed by atoms with Crippen LogP contribution in [0.2, 0.25) is 0 Å². The number of H-pyrrole nitrogens is 1. The van der Waals surface area contributed by atoms with Gasteiger partial charge in [0.2, 0.25) is 0 Å². The van der Waals surface area contributed by atoms with E-state index >= 15 is 0 Å². The molecule has 2 rings (SSSR count). The third-order valence-electron chi connectivity index (χ3n) is 2.26. The van der Waals surface area contributed by atoms with Crippen LogP contribution in [0.1, 0.15) is 11.4 Å². The zero-order valence-corrected chi connectivity index (χ0v) is 9.72. The first-order chi connectivity index (χ1) is 7.08. The molecular formula is C10H12N4S. The van der Waals surface area contributed by atoms with Crippen molar-refractivity contribution in [2.75, 3.05) is 0 Å². The van der Waals surface area contributed by atoms with Gasteiger partial charge in [-0.1, -0.05) is 12.2 Å². The van der Waals surface area contributed by atoms with E-state index in [2.05, 4.69) is 15.1 Å². The predicted molar refractivity (Wildman–Crippen MR) is 61.1 cm³/mol. The molecule has 5 heteroatoms. The molecule has 0 fully saturated rings. The lowest BCUT2D eigenvalue weighted by molar-refractivity contribution is 0.768. The minimum Gasteiger partial charge on any atom is -0.343 e. The number of aryl methyl sites for hydroxylation is 2.